The van der Waals surface area contributed by atoms with Crippen molar-refractivity contribution in [2.45, 2.75) is 39.7 Å². The van der Waals surface area contributed by atoms with E-state index in [4.69, 9.17) is 5.73 Å². The van der Waals surface area contributed by atoms with Crippen LogP contribution in [0.4, 0.5) is 11.6 Å². The Hall–Kier alpha value is -1.62. The van der Waals surface area contributed by atoms with Crippen molar-refractivity contribution in [2.24, 2.45) is 0 Å². The number of nitrogens with two attached hydrogens (primary N) is 1. The van der Waals surface area contributed by atoms with Crippen molar-refractivity contribution in [3.05, 3.63) is 33.8 Å². The molecule has 1 atom stereocenters. The average Bonchev–Trinajstić information content (AvgIpc) is 2.75. The van der Waals surface area contributed by atoms with E-state index in [0.717, 1.165) is 24.5 Å². The molecule has 102 valence electrons. The normalized spacial score (nSPS) is 12.4. The highest BCUT2D eigenvalue weighted by Gasteiger charge is 2.09. The van der Waals surface area contributed by atoms with Crippen molar-refractivity contribution in [3.63, 3.8) is 0 Å². The minimum atomic E-state index is 0.225. The monoisotopic (exact) mass is 276 g/mol. The fourth-order valence-corrected chi connectivity index (χ4v) is 2.79. The molecule has 0 amide bonds. The molecule has 0 fully saturated rings. The highest BCUT2D eigenvalue weighted by atomic mass is 32.1. The van der Waals surface area contributed by atoms with Gasteiger partial charge in [-0.05, 0) is 32.4 Å². The highest BCUT2D eigenvalue weighted by molar-refractivity contribution is 7.12. The molecule has 0 aliphatic heterocycles. The molecule has 0 bridgehead atoms. The number of aromatic nitrogens is 2. The van der Waals surface area contributed by atoms with Crippen LogP contribution in [0.25, 0.3) is 0 Å². The molecule has 2 aromatic heterocycles. The number of thiophene rings is 1. The molecule has 0 aromatic carbocycles. The lowest BCUT2D eigenvalue weighted by molar-refractivity contribution is 0.825. The summed E-state index contributed by atoms with van der Waals surface area (Å²) in [6, 6.07) is 6.29. The van der Waals surface area contributed by atoms with E-state index in [-0.39, 0.29) is 6.04 Å². The molecule has 4 nitrogen and oxygen atoms in total. The first-order chi connectivity index (χ1) is 9.08. The second-order valence-electron chi connectivity index (χ2n) is 4.66. The number of aryl methyl sites for hydroxylation is 2. The Morgan fingerprint density at radius 2 is 2.16 bits per heavy atom. The van der Waals surface area contributed by atoms with E-state index in [9.17, 15) is 0 Å². The number of rotatable bonds is 5. The first-order valence-corrected chi connectivity index (χ1v) is 7.36. The minimum Gasteiger partial charge on any atom is -0.384 e. The lowest BCUT2D eigenvalue weighted by Gasteiger charge is -2.14. The minimum absolute atomic E-state index is 0.225. The third-order valence-electron chi connectivity index (χ3n) is 2.82. The summed E-state index contributed by atoms with van der Waals surface area (Å²) in [6.07, 6.45) is 1.87. The molecule has 0 aliphatic rings. The van der Waals surface area contributed by atoms with Gasteiger partial charge in [0.1, 0.15) is 17.5 Å². The summed E-state index contributed by atoms with van der Waals surface area (Å²) in [7, 11) is 0. The maximum atomic E-state index is 5.82. The topological polar surface area (TPSA) is 63.8 Å². The van der Waals surface area contributed by atoms with E-state index in [1.54, 1.807) is 17.4 Å². The Kier molecular flexibility index (Phi) is 4.37. The van der Waals surface area contributed by atoms with Crippen LogP contribution in [0.2, 0.25) is 0 Å². The zero-order valence-corrected chi connectivity index (χ0v) is 12.4. The zero-order chi connectivity index (χ0) is 13.8. The lowest BCUT2D eigenvalue weighted by atomic mass is 10.2. The second kappa shape index (κ2) is 6.02. The van der Waals surface area contributed by atoms with E-state index in [0.29, 0.717) is 5.82 Å². The van der Waals surface area contributed by atoms with Crippen molar-refractivity contribution in [3.8, 4) is 0 Å². The molecule has 0 saturated carbocycles. The van der Waals surface area contributed by atoms with Crippen LogP contribution in [0, 0.1) is 6.92 Å². The van der Waals surface area contributed by atoms with Gasteiger partial charge in [0.05, 0.1) is 6.04 Å². The van der Waals surface area contributed by atoms with Gasteiger partial charge in [0.15, 0.2) is 0 Å². The smallest absolute Gasteiger partial charge is 0.133 e. The van der Waals surface area contributed by atoms with Crippen LogP contribution >= 0.6 is 11.3 Å². The zero-order valence-electron chi connectivity index (χ0n) is 11.6. The van der Waals surface area contributed by atoms with E-state index in [1.807, 2.05) is 0 Å². The molecule has 0 saturated heterocycles. The molecule has 0 aliphatic carbocycles. The number of nitrogens with one attached hydrogen (secondary N) is 1. The van der Waals surface area contributed by atoms with Crippen LogP contribution < -0.4 is 11.1 Å². The van der Waals surface area contributed by atoms with Crippen LogP contribution in [0.5, 0.6) is 0 Å². The number of nitrogen functional groups attached to an aromatic ring is 1. The Labute approximate surface area is 118 Å². The van der Waals surface area contributed by atoms with Crippen molar-refractivity contribution >= 4 is 23.0 Å². The Morgan fingerprint density at radius 3 is 2.79 bits per heavy atom. The molecule has 2 rings (SSSR count). The summed E-state index contributed by atoms with van der Waals surface area (Å²) in [5, 5.41) is 3.39. The first-order valence-electron chi connectivity index (χ1n) is 6.54. The van der Waals surface area contributed by atoms with Gasteiger partial charge in [0.2, 0.25) is 0 Å². The summed E-state index contributed by atoms with van der Waals surface area (Å²) < 4.78 is 0. The highest BCUT2D eigenvalue weighted by Crippen LogP contribution is 2.25. The van der Waals surface area contributed by atoms with Gasteiger partial charge in [0, 0.05) is 22.2 Å². The van der Waals surface area contributed by atoms with Gasteiger partial charge >= 0.3 is 0 Å². The molecule has 2 heterocycles. The molecule has 5 heteroatoms. The van der Waals surface area contributed by atoms with E-state index < -0.39 is 0 Å². The summed E-state index contributed by atoms with van der Waals surface area (Å²) in [4.78, 5) is 11.4. The summed E-state index contributed by atoms with van der Waals surface area (Å²) in [5.74, 6) is 2.13. The van der Waals surface area contributed by atoms with Gasteiger partial charge in [-0.3, -0.25) is 0 Å². The van der Waals surface area contributed by atoms with Crippen LogP contribution in [0.3, 0.4) is 0 Å². The van der Waals surface area contributed by atoms with E-state index >= 15 is 0 Å². The molecule has 2 aromatic rings. The molecule has 3 N–H and O–H groups in total. The van der Waals surface area contributed by atoms with Crippen LogP contribution in [0.15, 0.2) is 18.2 Å². The number of hydrogen-bond donors (Lipinski definition) is 2. The van der Waals surface area contributed by atoms with Crippen LogP contribution in [-0.4, -0.2) is 9.97 Å². The third-order valence-corrected chi connectivity index (χ3v) is 4.00. The second-order valence-corrected chi connectivity index (χ2v) is 5.98. The van der Waals surface area contributed by atoms with Crippen LogP contribution in [0.1, 0.15) is 41.9 Å². The number of nitrogens with zero attached hydrogens (tertiary/aromatic N) is 2. The SMILES string of the molecule is CCCc1nc(N)cc(NC(C)c2ccc(C)s2)n1. The van der Waals surface area contributed by atoms with E-state index in [2.05, 4.69) is 48.2 Å². The average molecular weight is 276 g/mol. The van der Waals surface area contributed by atoms with Gasteiger partial charge in [-0.15, -0.1) is 11.3 Å². The Bertz CT molecular complexity index is 550. The summed E-state index contributed by atoms with van der Waals surface area (Å²) >= 11 is 1.80. The van der Waals surface area contributed by atoms with Gasteiger partial charge in [-0.25, -0.2) is 9.97 Å². The molecule has 19 heavy (non-hydrogen) atoms. The quantitative estimate of drug-likeness (QED) is 0.876. The molecule has 0 radical (unpaired) electrons. The van der Waals surface area contributed by atoms with Crippen molar-refractivity contribution in [1.82, 2.24) is 9.97 Å². The fourth-order valence-electron chi connectivity index (χ4n) is 1.91. The first kappa shape index (κ1) is 13.8. The predicted molar refractivity (Wildman–Crippen MR) is 81.5 cm³/mol. The van der Waals surface area contributed by atoms with Gasteiger partial charge < -0.3 is 11.1 Å². The van der Waals surface area contributed by atoms with Crippen molar-refractivity contribution in [1.29, 1.82) is 0 Å². The van der Waals surface area contributed by atoms with Gasteiger partial charge in [-0.2, -0.15) is 0 Å². The third kappa shape index (κ3) is 3.67. The predicted octanol–water partition coefficient (Wildman–Crippen LogP) is 3.55. The van der Waals surface area contributed by atoms with Crippen LogP contribution in [-0.2, 0) is 6.42 Å². The summed E-state index contributed by atoms with van der Waals surface area (Å²) in [5.41, 5.74) is 5.82. The Morgan fingerprint density at radius 1 is 1.37 bits per heavy atom. The number of anilines is 2. The van der Waals surface area contributed by atoms with E-state index in [1.165, 1.54) is 9.75 Å². The Balaban J connectivity index is 2.14. The maximum Gasteiger partial charge on any atom is 0.133 e. The largest absolute Gasteiger partial charge is 0.384 e. The number of hydrogen-bond acceptors (Lipinski definition) is 5. The molecule has 1 unspecified atom stereocenters. The maximum absolute atomic E-state index is 5.82. The fraction of sp³-hybridized carbons (Fsp3) is 0.429. The molecular weight excluding hydrogens is 256 g/mol. The molecular formula is C14H20N4S. The van der Waals surface area contributed by atoms with Gasteiger partial charge in [-0.1, -0.05) is 6.92 Å². The van der Waals surface area contributed by atoms with Gasteiger partial charge in [0.25, 0.3) is 0 Å². The van der Waals surface area contributed by atoms with Crippen molar-refractivity contribution < 1.29 is 0 Å². The lowest BCUT2D eigenvalue weighted by Crippen LogP contribution is -2.09. The standard InChI is InChI=1S/C14H20N4S/c1-4-5-13-17-12(15)8-14(18-13)16-10(3)11-7-6-9(2)19-11/h6-8,10H,4-5H2,1-3H3,(H3,15,16,17,18). The summed E-state index contributed by atoms with van der Waals surface area (Å²) in [6.45, 7) is 6.35. The van der Waals surface area contributed by atoms with Crippen molar-refractivity contribution in [2.75, 3.05) is 11.1 Å². The molecule has 0 spiro atoms.